The van der Waals surface area contributed by atoms with Crippen LogP contribution in [0.5, 0.6) is 0 Å². The maximum atomic E-state index is 11.0. The molecule has 2 atom stereocenters. The minimum absolute atomic E-state index is 0.232. The van der Waals surface area contributed by atoms with E-state index in [1.54, 1.807) is 0 Å². The van der Waals surface area contributed by atoms with Crippen LogP contribution in [-0.4, -0.2) is 45.6 Å². The highest BCUT2D eigenvalue weighted by molar-refractivity contribution is 7.90. The van der Waals surface area contributed by atoms with E-state index in [9.17, 15) is 8.42 Å². The molecule has 1 aliphatic heterocycles. The Kier molecular flexibility index (Phi) is 5.72. The topological polar surface area (TPSA) is 58.2 Å². The predicted octanol–water partition coefficient (Wildman–Crippen LogP) is 0.541. The van der Waals surface area contributed by atoms with E-state index in [0.29, 0.717) is 18.6 Å². The number of nitrogens with one attached hydrogen (secondary N) is 2. The van der Waals surface area contributed by atoms with Crippen molar-refractivity contribution in [3.05, 3.63) is 0 Å². The van der Waals surface area contributed by atoms with Gasteiger partial charge in [0.05, 0.1) is 5.75 Å². The summed E-state index contributed by atoms with van der Waals surface area (Å²) in [7, 11) is -2.83. The molecule has 0 radical (unpaired) electrons. The van der Waals surface area contributed by atoms with E-state index < -0.39 is 9.84 Å². The monoisotopic (exact) mass is 248 g/mol. The third-order valence-electron chi connectivity index (χ3n) is 3.02. The van der Waals surface area contributed by atoms with Gasteiger partial charge in [-0.2, -0.15) is 0 Å². The summed E-state index contributed by atoms with van der Waals surface area (Å²) in [5.74, 6) is 0.232. The Morgan fingerprint density at radius 2 is 2.19 bits per heavy atom. The standard InChI is InChI=1S/C11H24N2O2S/c1-10(12-7-8-16(2,14)15)9-11-5-3-4-6-13-11/h10-13H,3-9H2,1-2H3. The SMILES string of the molecule is CC(CC1CCCCN1)NCCS(C)(=O)=O. The number of hydrogen-bond donors (Lipinski definition) is 2. The van der Waals surface area contributed by atoms with Crippen molar-refractivity contribution in [3.63, 3.8) is 0 Å². The highest BCUT2D eigenvalue weighted by Gasteiger charge is 2.15. The minimum Gasteiger partial charge on any atom is -0.314 e. The largest absolute Gasteiger partial charge is 0.314 e. The van der Waals surface area contributed by atoms with Gasteiger partial charge < -0.3 is 10.6 Å². The van der Waals surface area contributed by atoms with Crippen molar-refractivity contribution in [2.24, 2.45) is 0 Å². The molecule has 0 spiro atoms. The van der Waals surface area contributed by atoms with Gasteiger partial charge in [0.15, 0.2) is 0 Å². The summed E-state index contributed by atoms with van der Waals surface area (Å²) in [6.45, 7) is 3.81. The molecule has 96 valence electrons. The fourth-order valence-corrected chi connectivity index (χ4v) is 2.61. The van der Waals surface area contributed by atoms with Crippen molar-refractivity contribution in [1.29, 1.82) is 0 Å². The van der Waals surface area contributed by atoms with Crippen LogP contribution in [0.2, 0.25) is 0 Å². The molecule has 0 aromatic heterocycles. The van der Waals surface area contributed by atoms with Crippen LogP contribution in [0.1, 0.15) is 32.6 Å². The first-order valence-corrected chi connectivity index (χ1v) is 8.18. The van der Waals surface area contributed by atoms with Gasteiger partial charge >= 0.3 is 0 Å². The number of sulfone groups is 1. The molecule has 16 heavy (non-hydrogen) atoms. The van der Waals surface area contributed by atoms with Gasteiger partial charge in [0, 0.05) is 24.9 Å². The average Bonchev–Trinajstić information content (AvgIpc) is 2.17. The van der Waals surface area contributed by atoms with Crippen LogP contribution in [0.25, 0.3) is 0 Å². The molecular weight excluding hydrogens is 224 g/mol. The Bertz CT molecular complexity index is 284. The second-order valence-corrected chi connectivity index (χ2v) is 7.13. The van der Waals surface area contributed by atoms with Crippen LogP contribution in [0.3, 0.4) is 0 Å². The van der Waals surface area contributed by atoms with Gasteiger partial charge in [0.2, 0.25) is 0 Å². The molecule has 0 aromatic rings. The minimum atomic E-state index is -2.83. The molecule has 0 saturated carbocycles. The average molecular weight is 248 g/mol. The summed E-state index contributed by atoms with van der Waals surface area (Å²) < 4.78 is 21.9. The first kappa shape index (κ1) is 13.9. The molecule has 0 bridgehead atoms. The molecule has 1 heterocycles. The maximum Gasteiger partial charge on any atom is 0.148 e. The molecule has 5 heteroatoms. The van der Waals surface area contributed by atoms with E-state index in [0.717, 1.165) is 13.0 Å². The molecule has 4 nitrogen and oxygen atoms in total. The third-order valence-corrected chi connectivity index (χ3v) is 3.96. The Labute approximate surface area is 99.1 Å². The van der Waals surface area contributed by atoms with Crippen molar-refractivity contribution in [3.8, 4) is 0 Å². The lowest BCUT2D eigenvalue weighted by molar-refractivity contribution is 0.347. The second-order valence-electron chi connectivity index (χ2n) is 4.87. The van der Waals surface area contributed by atoms with Crippen LogP contribution in [0.4, 0.5) is 0 Å². The smallest absolute Gasteiger partial charge is 0.148 e. The van der Waals surface area contributed by atoms with E-state index >= 15 is 0 Å². The maximum absolute atomic E-state index is 11.0. The van der Waals surface area contributed by atoms with E-state index in [1.807, 2.05) is 0 Å². The Morgan fingerprint density at radius 1 is 1.44 bits per heavy atom. The zero-order chi connectivity index (χ0) is 12.0. The van der Waals surface area contributed by atoms with Gasteiger partial charge in [-0.05, 0) is 32.7 Å². The van der Waals surface area contributed by atoms with Crippen LogP contribution in [0.15, 0.2) is 0 Å². The molecule has 2 unspecified atom stereocenters. The highest BCUT2D eigenvalue weighted by Crippen LogP contribution is 2.11. The van der Waals surface area contributed by atoms with E-state index in [4.69, 9.17) is 0 Å². The van der Waals surface area contributed by atoms with Gasteiger partial charge in [0.1, 0.15) is 9.84 Å². The van der Waals surface area contributed by atoms with Crippen LogP contribution in [0, 0.1) is 0 Å². The van der Waals surface area contributed by atoms with Gasteiger partial charge in [0.25, 0.3) is 0 Å². The number of hydrogen-bond acceptors (Lipinski definition) is 4. The van der Waals surface area contributed by atoms with Crippen molar-refractivity contribution in [2.75, 3.05) is 25.1 Å². The fraction of sp³-hybridized carbons (Fsp3) is 1.00. The highest BCUT2D eigenvalue weighted by atomic mass is 32.2. The zero-order valence-corrected chi connectivity index (χ0v) is 11.1. The first-order valence-electron chi connectivity index (χ1n) is 6.12. The quantitative estimate of drug-likeness (QED) is 0.720. The van der Waals surface area contributed by atoms with Gasteiger partial charge in [-0.3, -0.25) is 0 Å². The molecule has 0 aliphatic carbocycles. The number of piperidine rings is 1. The summed E-state index contributed by atoms with van der Waals surface area (Å²) >= 11 is 0. The van der Waals surface area contributed by atoms with Crippen molar-refractivity contribution >= 4 is 9.84 Å². The summed E-state index contributed by atoms with van der Waals surface area (Å²) in [6, 6.07) is 0.992. The molecule has 2 N–H and O–H groups in total. The predicted molar refractivity (Wildman–Crippen MR) is 67.4 cm³/mol. The lowest BCUT2D eigenvalue weighted by atomic mass is 9.99. The Morgan fingerprint density at radius 3 is 2.75 bits per heavy atom. The second kappa shape index (κ2) is 6.57. The Balaban J connectivity index is 2.12. The van der Waals surface area contributed by atoms with Crippen LogP contribution < -0.4 is 10.6 Å². The summed E-state index contributed by atoms with van der Waals surface area (Å²) in [6.07, 6.45) is 6.21. The third kappa shape index (κ3) is 6.45. The molecule has 1 aliphatic rings. The molecule has 0 amide bonds. The van der Waals surface area contributed by atoms with Crippen molar-refractivity contribution in [1.82, 2.24) is 10.6 Å². The Hall–Kier alpha value is -0.130. The van der Waals surface area contributed by atoms with Gasteiger partial charge in [-0.25, -0.2) is 8.42 Å². The molecule has 1 fully saturated rings. The van der Waals surface area contributed by atoms with Crippen molar-refractivity contribution in [2.45, 2.75) is 44.7 Å². The summed E-state index contributed by atoms with van der Waals surface area (Å²) in [5, 5.41) is 6.77. The van der Waals surface area contributed by atoms with E-state index in [1.165, 1.54) is 25.5 Å². The lowest BCUT2D eigenvalue weighted by Gasteiger charge is -2.26. The zero-order valence-electron chi connectivity index (χ0n) is 10.3. The molecule has 0 aromatic carbocycles. The van der Waals surface area contributed by atoms with E-state index in [-0.39, 0.29) is 5.75 Å². The molecule has 1 saturated heterocycles. The summed E-state index contributed by atoms with van der Waals surface area (Å²) in [5.41, 5.74) is 0. The van der Waals surface area contributed by atoms with Crippen LogP contribution in [-0.2, 0) is 9.84 Å². The fourth-order valence-electron chi connectivity index (χ4n) is 2.13. The molecular formula is C11H24N2O2S. The lowest BCUT2D eigenvalue weighted by Crippen LogP contribution is -2.40. The van der Waals surface area contributed by atoms with Crippen molar-refractivity contribution < 1.29 is 8.42 Å². The number of rotatable bonds is 6. The normalized spacial score (nSPS) is 24.2. The first-order chi connectivity index (χ1) is 7.47. The van der Waals surface area contributed by atoms with Gasteiger partial charge in [-0.15, -0.1) is 0 Å². The van der Waals surface area contributed by atoms with Crippen LogP contribution >= 0.6 is 0 Å². The summed E-state index contributed by atoms with van der Waals surface area (Å²) in [4.78, 5) is 0. The van der Waals surface area contributed by atoms with Gasteiger partial charge in [-0.1, -0.05) is 6.42 Å². The van der Waals surface area contributed by atoms with E-state index in [2.05, 4.69) is 17.6 Å². The molecule has 1 rings (SSSR count).